The molecule has 1 amide bonds. The summed E-state index contributed by atoms with van der Waals surface area (Å²) >= 11 is 0. The van der Waals surface area contributed by atoms with Gasteiger partial charge >= 0.3 is 6.18 Å². The summed E-state index contributed by atoms with van der Waals surface area (Å²) in [5, 5.41) is 0. The van der Waals surface area contributed by atoms with Gasteiger partial charge in [0, 0.05) is 13.1 Å². The third-order valence-corrected chi connectivity index (χ3v) is 4.31. The Labute approximate surface area is 137 Å². The fraction of sp³-hybridized carbons (Fsp3) is 0.278. The first-order chi connectivity index (χ1) is 11.3. The van der Waals surface area contributed by atoms with Gasteiger partial charge in [0.05, 0.1) is 11.6 Å². The molecule has 1 heterocycles. The number of alkyl halides is 3. The second-order valence-electron chi connectivity index (χ2n) is 5.99. The van der Waals surface area contributed by atoms with Gasteiger partial charge in [-0.25, -0.2) is 0 Å². The van der Waals surface area contributed by atoms with Crippen molar-refractivity contribution in [1.29, 1.82) is 0 Å². The van der Waals surface area contributed by atoms with E-state index in [1.807, 2.05) is 29.2 Å². The lowest BCUT2D eigenvalue weighted by molar-refractivity contribution is -0.137. The maximum atomic E-state index is 12.9. The molecule has 6 heteroatoms. The van der Waals surface area contributed by atoms with Crippen LogP contribution in [0.4, 0.5) is 13.2 Å². The monoisotopic (exact) mass is 334 g/mol. The number of amides is 1. The lowest BCUT2D eigenvalue weighted by Gasteiger charge is -2.35. The quantitative estimate of drug-likeness (QED) is 0.937. The topological polar surface area (TPSA) is 46.3 Å². The van der Waals surface area contributed by atoms with Gasteiger partial charge < -0.3 is 5.73 Å². The minimum atomic E-state index is -4.38. The van der Waals surface area contributed by atoms with Crippen LogP contribution >= 0.6 is 0 Å². The molecule has 3 nitrogen and oxygen atoms in total. The van der Waals surface area contributed by atoms with Crippen molar-refractivity contribution in [3.63, 3.8) is 0 Å². The molecule has 24 heavy (non-hydrogen) atoms. The van der Waals surface area contributed by atoms with E-state index in [1.54, 1.807) is 6.07 Å². The molecule has 0 saturated heterocycles. The van der Waals surface area contributed by atoms with E-state index >= 15 is 0 Å². The van der Waals surface area contributed by atoms with Crippen LogP contribution < -0.4 is 5.73 Å². The average Bonchev–Trinajstić information content (AvgIpc) is 2.53. The van der Waals surface area contributed by atoms with E-state index < -0.39 is 23.7 Å². The zero-order chi connectivity index (χ0) is 17.3. The van der Waals surface area contributed by atoms with E-state index in [0.29, 0.717) is 18.5 Å². The van der Waals surface area contributed by atoms with Gasteiger partial charge in [0.2, 0.25) is 5.91 Å². The Morgan fingerprint density at radius 2 is 1.83 bits per heavy atom. The van der Waals surface area contributed by atoms with Gasteiger partial charge in [0.1, 0.15) is 0 Å². The number of carbonyl (C=O) groups excluding carboxylic acids is 1. The fourth-order valence-electron chi connectivity index (χ4n) is 3.10. The van der Waals surface area contributed by atoms with Crippen LogP contribution in [-0.4, -0.2) is 16.8 Å². The van der Waals surface area contributed by atoms with E-state index in [9.17, 15) is 18.0 Å². The number of primary amides is 1. The molecule has 0 radical (unpaired) electrons. The van der Waals surface area contributed by atoms with Gasteiger partial charge in [-0.2, -0.15) is 13.2 Å². The number of halogens is 3. The summed E-state index contributed by atoms with van der Waals surface area (Å²) in [5.74, 6) is -0.462. The lowest BCUT2D eigenvalue weighted by Crippen LogP contribution is -2.48. The first-order valence-corrected chi connectivity index (χ1v) is 7.61. The molecule has 0 bridgehead atoms. The Bertz CT molecular complexity index is 758. The summed E-state index contributed by atoms with van der Waals surface area (Å²) in [7, 11) is 0. The minimum absolute atomic E-state index is 0.242. The number of hydrogen-bond acceptors (Lipinski definition) is 2. The molecule has 0 aromatic heterocycles. The van der Waals surface area contributed by atoms with Gasteiger partial charge in [0.15, 0.2) is 0 Å². The summed E-state index contributed by atoms with van der Waals surface area (Å²) in [4.78, 5) is 13.6. The van der Waals surface area contributed by atoms with Crippen molar-refractivity contribution in [3.05, 3.63) is 70.8 Å². The maximum Gasteiger partial charge on any atom is 0.416 e. The Hall–Kier alpha value is -2.34. The zero-order valence-corrected chi connectivity index (χ0v) is 12.9. The van der Waals surface area contributed by atoms with Crippen LogP contribution in [-0.2, 0) is 30.5 Å². The van der Waals surface area contributed by atoms with Crippen LogP contribution in [0.25, 0.3) is 0 Å². The molecular weight excluding hydrogens is 317 g/mol. The van der Waals surface area contributed by atoms with Crippen LogP contribution in [0.5, 0.6) is 0 Å². The molecule has 1 aliphatic rings. The first kappa shape index (κ1) is 16.5. The maximum absolute atomic E-state index is 12.9. The Morgan fingerprint density at radius 1 is 1.12 bits per heavy atom. The van der Waals surface area contributed by atoms with E-state index in [2.05, 4.69) is 0 Å². The highest BCUT2D eigenvalue weighted by molar-refractivity contribution is 5.80. The number of nitrogens with zero attached hydrogens (tertiary/aromatic N) is 1. The molecule has 3 rings (SSSR count). The van der Waals surface area contributed by atoms with E-state index in [1.165, 1.54) is 6.07 Å². The Morgan fingerprint density at radius 3 is 2.50 bits per heavy atom. The standard InChI is InChI=1S/C18H17F3N2O/c19-18(20,21)15-7-3-4-12(8-15)10-23-11-14-6-2-1-5-13(14)9-16(23)17(22)24/h1-8,16H,9-11H2,(H2,22,24). The van der Waals surface area contributed by atoms with Gasteiger partial charge in [-0.1, -0.05) is 42.5 Å². The molecule has 0 saturated carbocycles. The number of benzene rings is 2. The van der Waals surface area contributed by atoms with Crippen molar-refractivity contribution in [2.24, 2.45) is 5.73 Å². The molecule has 0 fully saturated rings. The molecule has 1 aliphatic heterocycles. The zero-order valence-electron chi connectivity index (χ0n) is 12.9. The van der Waals surface area contributed by atoms with Gasteiger partial charge in [0.25, 0.3) is 0 Å². The van der Waals surface area contributed by atoms with E-state index in [4.69, 9.17) is 5.73 Å². The van der Waals surface area contributed by atoms with Gasteiger partial charge in [-0.3, -0.25) is 9.69 Å². The average molecular weight is 334 g/mol. The third kappa shape index (κ3) is 3.43. The second-order valence-corrected chi connectivity index (χ2v) is 5.99. The predicted molar refractivity (Wildman–Crippen MR) is 83.8 cm³/mol. The Balaban J connectivity index is 1.87. The van der Waals surface area contributed by atoms with Gasteiger partial charge in [-0.05, 0) is 29.2 Å². The molecule has 0 spiro atoms. The molecule has 2 aromatic rings. The summed E-state index contributed by atoms with van der Waals surface area (Å²) in [6.45, 7) is 0.728. The molecule has 0 aliphatic carbocycles. The summed E-state index contributed by atoms with van der Waals surface area (Å²) in [6, 6.07) is 12.4. The smallest absolute Gasteiger partial charge is 0.368 e. The van der Waals surface area contributed by atoms with Crippen molar-refractivity contribution in [1.82, 2.24) is 4.90 Å². The van der Waals surface area contributed by atoms with Crippen molar-refractivity contribution in [2.45, 2.75) is 31.7 Å². The number of rotatable bonds is 3. The van der Waals surface area contributed by atoms with E-state index in [-0.39, 0.29) is 6.54 Å². The first-order valence-electron chi connectivity index (χ1n) is 7.61. The van der Waals surface area contributed by atoms with Gasteiger partial charge in [-0.15, -0.1) is 0 Å². The van der Waals surface area contributed by atoms with Crippen molar-refractivity contribution in [2.75, 3.05) is 0 Å². The highest BCUT2D eigenvalue weighted by Gasteiger charge is 2.32. The molecule has 1 atom stereocenters. The SMILES string of the molecule is NC(=O)C1Cc2ccccc2CN1Cc1cccc(C(F)(F)F)c1. The normalized spacial score (nSPS) is 18.2. The highest BCUT2D eigenvalue weighted by atomic mass is 19.4. The second kappa shape index (κ2) is 6.28. The van der Waals surface area contributed by atoms with Crippen LogP contribution in [0, 0.1) is 0 Å². The van der Waals surface area contributed by atoms with Crippen LogP contribution in [0.15, 0.2) is 48.5 Å². The fourth-order valence-corrected chi connectivity index (χ4v) is 3.10. The van der Waals surface area contributed by atoms with Crippen molar-refractivity contribution in [3.8, 4) is 0 Å². The highest BCUT2D eigenvalue weighted by Crippen LogP contribution is 2.31. The molecule has 2 aromatic carbocycles. The summed E-state index contributed by atoms with van der Waals surface area (Å²) in [5.41, 5.74) is 7.46. The van der Waals surface area contributed by atoms with Crippen molar-refractivity contribution < 1.29 is 18.0 Å². The minimum Gasteiger partial charge on any atom is -0.368 e. The third-order valence-electron chi connectivity index (χ3n) is 4.31. The summed E-state index contributed by atoms with van der Waals surface area (Å²) in [6.07, 6.45) is -3.90. The van der Waals surface area contributed by atoms with E-state index in [0.717, 1.165) is 23.3 Å². The lowest BCUT2D eigenvalue weighted by atomic mass is 9.93. The largest absolute Gasteiger partial charge is 0.416 e. The van der Waals surface area contributed by atoms with Crippen LogP contribution in [0.3, 0.4) is 0 Å². The molecular formula is C18H17F3N2O. The molecule has 126 valence electrons. The summed E-state index contributed by atoms with van der Waals surface area (Å²) < 4.78 is 38.6. The molecule has 2 N–H and O–H groups in total. The number of carbonyl (C=O) groups is 1. The van der Waals surface area contributed by atoms with Crippen molar-refractivity contribution >= 4 is 5.91 Å². The number of nitrogens with two attached hydrogens (primary N) is 1. The Kier molecular flexibility index (Phi) is 4.32. The van der Waals surface area contributed by atoms with Crippen LogP contribution in [0.1, 0.15) is 22.3 Å². The molecule has 1 unspecified atom stereocenters. The number of hydrogen-bond donors (Lipinski definition) is 1. The predicted octanol–water partition coefficient (Wildman–Crippen LogP) is 3.12. The number of fused-ring (bicyclic) bond motifs is 1. The van der Waals surface area contributed by atoms with Crippen LogP contribution in [0.2, 0.25) is 0 Å².